The summed E-state index contributed by atoms with van der Waals surface area (Å²) >= 11 is 1.66. The predicted molar refractivity (Wildman–Crippen MR) is 141 cm³/mol. The number of fused-ring (bicyclic) bond motifs is 1. The maximum Gasteiger partial charge on any atom is 0.391 e. The first kappa shape index (κ1) is 27.2. The maximum atomic E-state index is 13.0. The van der Waals surface area contributed by atoms with Crippen LogP contribution in [-0.4, -0.2) is 23.5 Å². The van der Waals surface area contributed by atoms with Crippen molar-refractivity contribution < 1.29 is 18.0 Å². The number of halogens is 3. The van der Waals surface area contributed by atoms with E-state index in [-0.39, 0.29) is 24.8 Å². The molecule has 0 radical (unpaired) electrons. The molecule has 198 valence electrons. The van der Waals surface area contributed by atoms with E-state index in [1.54, 1.807) is 11.3 Å². The van der Waals surface area contributed by atoms with E-state index in [2.05, 4.69) is 49.2 Å². The molecular formula is C29H39F3N2OS. The molecule has 4 rings (SSSR count). The molecule has 1 aliphatic heterocycles. The molecule has 7 heteroatoms. The number of nitrogens with zero attached hydrogens (tertiary/aromatic N) is 1. The van der Waals surface area contributed by atoms with Gasteiger partial charge >= 0.3 is 6.18 Å². The van der Waals surface area contributed by atoms with Crippen LogP contribution < -0.4 is 5.32 Å². The molecule has 1 aromatic heterocycles. The number of thiophene rings is 1. The second kappa shape index (κ2) is 11.7. The van der Waals surface area contributed by atoms with Gasteiger partial charge in [0.25, 0.3) is 0 Å². The molecule has 0 spiro atoms. The Morgan fingerprint density at radius 2 is 1.78 bits per heavy atom. The van der Waals surface area contributed by atoms with Crippen LogP contribution in [0.4, 0.5) is 18.2 Å². The fraction of sp³-hybridized carbons (Fsp3) is 0.621. The number of alkyl halides is 3. The van der Waals surface area contributed by atoms with Crippen molar-refractivity contribution in [2.45, 2.75) is 90.9 Å². The van der Waals surface area contributed by atoms with Gasteiger partial charge in [0.2, 0.25) is 5.91 Å². The molecule has 1 N–H and O–H groups in total. The second-order valence-corrected chi connectivity index (χ2v) is 12.1. The summed E-state index contributed by atoms with van der Waals surface area (Å²) in [4.78, 5) is 16.5. The van der Waals surface area contributed by atoms with Crippen LogP contribution in [0.2, 0.25) is 0 Å². The van der Waals surface area contributed by atoms with Crippen molar-refractivity contribution in [2.75, 3.05) is 11.9 Å². The molecule has 1 saturated carbocycles. The average Bonchev–Trinajstić information content (AvgIpc) is 3.34. The van der Waals surface area contributed by atoms with Crippen molar-refractivity contribution in [1.82, 2.24) is 4.90 Å². The molecule has 1 atom stereocenters. The minimum absolute atomic E-state index is 0.00407. The predicted octanol–water partition coefficient (Wildman–Crippen LogP) is 8.15. The van der Waals surface area contributed by atoms with E-state index in [0.29, 0.717) is 31.1 Å². The molecule has 0 bridgehead atoms. The van der Waals surface area contributed by atoms with E-state index in [0.717, 1.165) is 30.1 Å². The van der Waals surface area contributed by atoms with Gasteiger partial charge in [0.05, 0.1) is 17.3 Å². The molecule has 2 heterocycles. The van der Waals surface area contributed by atoms with E-state index >= 15 is 0 Å². The third-order valence-electron chi connectivity index (χ3n) is 7.78. The van der Waals surface area contributed by atoms with Crippen LogP contribution in [0.25, 0.3) is 0 Å². The van der Waals surface area contributed by atoms with E-state index in [1.807, 2.05) is 12.1 Å². The van der Waals surface area contributed by atoms with Crippen LogP contribution in [-0.2, 0) is 24.2 Å². The topological polar surface area (TPSA) is 32.3 Å². The highest BCUT2D eigenvalue weighted by atomic mass is 32.1. The van der Waals surface area contributed by atoms with Gasteiger partial charge in [-0.15, -0.1) is 11.3 Å². The molecule has 1 fully saturated rings. The molecule has 0 saturated heterocycles. The Bertz CT molecular complexity index is 1010. The van der Waals surface area contributed by atoms with E-state index in [1.165, 1.54) is 28.8 Å². The number of hydrogen-bond acceptors (Lipinski definition) is 3. The highest BCUT2D eigenvalue weighted by Crippen LogP contribution is 2.47. The minimum Gasteiger partial charge on any atom is -0.317 e. The van der Waals surface area contributed by atoms with Crippen LogP contribution in [0, 0.1) is 17.8 Å². The fourth-order valence-corrected chi connectivity index (χ4v) is 7.24. The average molecular weight is 521 g/mol. The normalized spacial score (nSPS) is 22.7. The highest BCUT2D eigenvalue weighted by molar-refractivity contribution is 7.16. The Morgan fingerprint density at radius 3 is 2.39 bits per heavy atom. The standard InChI is InChI=1S/C29H39F3N2OS/c1-4-5-6-20-7-9-21(10-8-20)15-25(35)33-26-16-23-18-34(27(19(2)3)28(23)36-26)17-22-11-13-24(14-12-22)29(30,31)32/h7-10,16,19,22,24,27H,4-6,11-15,17-18H2,1-3H3,(H,33,35)/t22?,24?,27-/m0/s1. The number of aryl methyl sites for hydroxylation is 1. The number of hydrogen-bond donors (Lipinski definition) is 1. The van der Waals surface area contributed by atoms with Gasteiger partial charge < -0.3 is 5.32 Å². The summed E-state index contributed by atoms with van der Waals surface area (Å²) in [6.45, 7) is 8.26. The molecule has 3 nitrogen and oxygen atoms in total. The van der Waals surface area contributed by atoms with Crippen LogP contribution in [0.1, 0.15) is 86.9 Å². The molecule has 2 aromatic rings. The van der Waals surface area contributed by atoms with Gasteiger partial charge in [-0.1, -0.05) is 51.5 Å². The fourth-order valence-electron chi connectivity index (χ4n) is 5.84. The quantitative estimate of drug-likeness (QED) is 0.362. The van der Waals surface area contributed by atoms with Gasteiger partial charge in [0.1, 0.15) is 0 Å². The summed E-state index contributed by atoms with van der Waals surface area (Å²) in [6, 6.07) is 10.7. The zero-order chi connectivity index (χ0) is 25.9. The first-order valence-electron chi connectivity index (χ1n) is 13.4. The second-order valence-electron chi connectivity index (χ2n) is 11.0. The molecular weight excluding hydrogens is 481 g/mol. The molecule has 1 aliphatic carbocycles. The number of nitrogens with one attached hydrogen (secondary N) is 1. The van der Waals surface area contributed by atoms with Crippen LogP contribution >= 0.6 is 11.3 Å². The maximum absolute atomic E-state index is 13.0. The third-order valence-corrected chi connectivity index (χ3v) is 8.94. The zero-order valence-corrected chi connectivity index (χ0v) is 22.5. The molecule has 0 unspecified atom stereocenters. The summed E-state index contributed by atoms with van der Waals surface area (Å²) in [5.74, 6) is -0.409. The highest BCUT2D eigenvalue weighted by Gasteiger charge is 2.42. The van der Waals surface area contributed by atoms with Crippen LogP contribution in [0.5, 0.6) is 0 Å². The zero-order valence-electron chi connectivity index (χ0n) is 21.7. The monoisotopic (exact) mass is 520 g/mol. The molecule has 2 aliphatic rings. The Morgan fingerprint density at radius 1 is 1.11 bits per heavy atom. The lowest BCUT2D eigenvalue weighted by molar-refractivity contribution is -0.184. The van der Waals surface area contributed by atoms with E-state index < -0.39 is 12.1 Å². The summed E-state index contributed by atoms with van der Waals surface area (Å²) in [7, 11) is 0. The molecule has 1 aromatic carbocycles. The van der Waals surface area contributed by atoms with Gasteiger partial charge in [0.15, 0.2) is 0 Å². The number of unbranched alkanes of at least 4 members (excludes halogenated alkanes) is 1. The van der Waals surface area contributed by atoms with Gasteiger partial charge in [-0.2, -0.15) is 13.2 Å². The molecule has 36 heavy (non-hydrogen) atoms. The lowest BCUT2D eigenvalue weighted by atomic mass is 9.81. The SMILES string of the molecule is CCCCc1ccc(CC(=O)Nc2cc3c(s2)[C@H](C(C)C)N(CC2CCC(C(F)(F)F)CC2)C3)cc1. The number of carbonyl (C=O) groups excluding carboxylic acids is 1. The van der Waals surface area contributed by atoms with Crippen molar-refractivity contribution in [1.29, 1.82) is 0 Å². The summed E-state index contributed by atoms with van der Waals surface area (Å²) in [6.07, 6.45) is 1.55. The first-order valence-corrected chi connectivity index (χ1v) is 14.3. The van der Waals surface area contributed by atoms with E-state index in [9.17, 15) is 18.0 Å². The number of rotatable bonds is 9. The molecule has 1 amide bonds. The van der Waals surface area contributed by atoms with E-state index in [4.69, 9.17) is 0 Å². The van der Waals surface area contributed by atoms with Gasteiger partial charge in [-0.25, -0.2) is 0 Å². The van der Waals surface area contributed by atoms with Crippen molar-refractivity contribution in [3.05, 3.63) is 51.9 Å². The number of anilines is 1. The number of benzene rings is 1. The largest absolute Gasteiger partial charge is 0.391 e. The third kappa shape index (κ3) is 6.71. The summed E-state index contributed by atoms with van der Waals surface area (Å²) in [5.41, 5.74) is 3.58. The Labute approximate surface area is 217 Å². The van der Waals surface area contributed by atoms with Crippen molar-refractivity contribution in [2.24, 2.45) is 17.8 Å². The van der Waals surface area contributed by atoms with Crippen molar-refractivity contribution >= 4 is 22.2 Å². The Kier molecular flexibility index (Phi) is 8.82. The van der Waals surface area contributed by atoms with Crippen molar-refractivity contribution in [3.63, 3.8) is 0 Å². The first-order chi connectivity index (χ1) is 17.1. The lowest BCUT2D eigenvalue weighted by Gasteiger charge is -2.35. The number of amides is 1. The van der Waals surface area contributed by atoms with Gasteiger partial charge in [0, 0.05) is 24.0 Å². The van der Waals surface area contributed by atoms with Crippen molar-refractivity contribution in [3.8, 4) is 0 Å². The lowest BCUT2D eigenvalue weighted by Crippen LogP contribution is -2.35. The Hall–Kier alpha value is -1.86. The smallest absolute Gasteiger partial charge is 0.317 e. The van der Waals surface area contributed by atoms with Crippen LogP contribution in [0.15, 0.2) is 30.3 Å². The van der Waals surface area contributed by atoms with Gasteiger partial charge in [-0.3, -0.25) is 9.69 Å². The Balaban J connectivity index is 1.32. The minimum atomic E-state index is -4.05. The number of carbonyl (C=O) groups is 1. The van der Waals surface area contributed by atoms with Gasteiger partial charge in [-0.05, 0) is 73.1 Å². The summed E-state index contributed by atoms with van der Waals surface area (Å²) in [5, 5.41) is 3.99. The summed E-state index contributed by atoms with van der Waals surface area (Å²) < 4.78 is 39.1. The van der Waals surface area contributed by atoms with Crippen LogP contribution in [0.3, 0.4) is 0 Å².